The molecule has 1 amide bonds. The van der Waals surface area contributed by atoms with Gasteiger partial charge in [-0.3, -0.25) is 4.79 Å². The first-order valence-electron chi connectivity index (χ1n) is 6.11. The summed E-state index contributed by atoms with van der Waals surface area (Å²) in [6, 6.07) is 6.19. The summed E-state index contributed by atoms with van der Waals surface area (Å²) < 4.78 is 0. The van der Waals surface area contributed by atoms with E-state index in [1.54, 1.807) is 12.1 Å². The van der Waals surface area contributed by atoms with Gasteiger partial charge >= 0.3 is 5.97 Å². The molecule has 0 radical (unpaired) electrons. The molecule has 7 nitrogen and oxygen atoms in total. The van der Waals surface area contributed by atoms with Crippen molar-refractivity contribution < 1.29 is 14.7 Å². The van der Waals surface area contributed by atoms with Crippen LogP contribution in [-0.4, -0.2) is 41.0 Å². The Labute approximate surface area is 121 Å². The fourth-order valence-corrected chi connectivity index (χ4v) is 1.57. The maximum atomic E-state index is 12.0. The predicted octanol–water partition coefficient (Wildman–Crippen LogP) is 1.49. The van der Waals surface area contributed by atoms with Crippen molar-refractivity contribution in [3.05, 3.63) is 47.8 Å². The SMILES string of the molecule is CN(C)c1ccc(C(=O)Nc2ccc(C(=O)O)cn2)cn1. The third-order valence-electron chi connectivity index (χ3n) is 2.72. The van der Waals surface area contributed by atoms with Crippen LogP contribution >= 0.6 is 0 Å². The van der Waals surface area contributed by atoms with Crippen molar-refractivity contribution in [1.82, 2.24) is 9.97 Å². The molecule has 2 aromatic rings. The lowest BCUT2D eigenvalue weighted by molar-refractivity contribution is 0.0696. The third kappa shape index (κ3) is 3.53. The number of aromatic carboxylic acids is 1. The van der Waals surface area contributed by atoms with Crippen LogP contribution in [0.25, 0.3) is 0 Å². The molecular formula is C14H14N4O3. The van der Waals surface area contributed by atoms with Crippen molar-refractivity contribution in [1.29, 1.82) is 0 Å². The van der Waals surface area contributed by atoms with Crippen molar-refractivity contribution >= 4 is 23.5 Å². The van der Waals surface area contributed by atoms with Crippen LogP contribution in [0.4, 0.5) is 11.6 Å². The second kappa shape index (κ2) is 6.00. The van der Waals surface area contributed by atoms with Crippen LogP contribution in [0.2, 0.25) is 0 Å². The van der Waals surface area contributed by atoms with Gasteiger partial charge in [0.25, 0.3) is 5.91 Å². The van der Waals surface area contributed by atoms with Crippen LogP contribution in [0.15, 0.2) is 36.7 Å². The van der Waals surface area contributed by atoms with Crippen LogP contribution in [-0.2, 0) is 0 Å². The lowest BCUT2D eigenvalue weighted by Gasteiger charge is -2.11. The molecule has 0 bridgehead atoms. The lowest BCUT2D eigenvalue weighted by Crippen LogP contribution is -2.15. The molecule has 2 N–H and O–H groups in total. The van der Waals surface area contributed by atoms with Gasteiger partial charge < -0.3 is 15.3 Å². The van der Waals surface area contributed by atoms with Gasteiger partial charge in [0, 0.05) is 26.5 Å². The Kier molecular flexibility index (Phi) is 4.13. The first kappa shape index (κ1) is 14.4. The summed E-state index contributed by atoms with van der Waals surface area (Å²) in [6.45, 7) is 0. The Balaban J connectivity index is 2.08. The molecule has 0 atom stereocenters. The zero-order chi connectivity index (χ0) is 15.4. The highest BCUT2D eigenvalue weighted by Crippen LogP contribution is 2.10. The number of pyridine rings is 2. The minimum Gasteiger partial charge on any atom is -0.478 e. The van der Waals surface area contributed by atoms with E-state index in [1.165, 1.54) is 24.5 Å². The van der Waals surface area contributed by atoms with E-state index in [4.69, 9.17) is 5.11 Å². The molecule has 108 valence electrons. The molecule has 2 heterocycles. The highest BCUT2D eigenvalue weighted by Gasteiger charge is 2.09. The molecule has 2 aromatic heterocycles. The minimum absolute atomic E-state index is 0.0602. The quantitative estimate of drug-likeness (QED) is 0.884. The van der Waals surface area contributed by atoms with E-state index in [0.717, 1.165) is 5.82 Å². The summed E-state index contributed by atoms with van der Waals surface area (Å²) in [5.74, 6) is -0.399. The fraction of sp³-hybridized carbons (Fsp3) is 0.143. The number of rotatable bonds is 4. The van der Waals surface area contributed by atoms with Gasteiger partial charge in [-0.2, -0.15) is 0 Å². The maximum Gasteiger partial charge on any atom is 0.337 e. The van der Waals surface area contributed by atoms with Crippen molar-refractivity contribution in [2.24, 2.45) is 0 Å². The number of aromatic nitrogens is 2. The molecule has 0 saturated carbocycles. The fourth-order valence-electron chi connectivity index (χ4n) is 1.57. The number of amides is 1. The predicted molar refractivity (Wildman–Crippen MR) is 77.7 cm³/mol. The van der Waals surface area contributed by atoms with Gasteiger partial charge in [0.05, 0.1) is 11.1 Å². The number of hydrogen-bond acceptors (Lipinski definition) is 5. The molecule has 0 aliphatic carbocycles. The van der Waals surface area contributed by atoms with Gasteiger partial charge in [0.1, 0.15) is 11.6 Å². The van der Waals surface area contributed by atoms with Gasteiger partial charge in [0.15, 0.2) is 0 Å². The maximum absolute atomic E-state index is 12.0. The summed E-state index contributed by atoms with van der Waals surface area (Å²) >= 11 is 0. The average molecular weight is 286 g/mol. The van der Waals surface area contributed by atoms with Crippen LogP contribution in [0.3, 0.4) is 0 Å². The Morgan fingerprint density at radius 3 is 2.19 bits per heavy atom. The largest absolute Gasteiger partial charge is 0.478 e. The number of carboxylic acids is 1. The summed E-state index contributed by atoms with van der Waals surface area (Å²) in [6.07, 6.45) is 2.65. The van der Waals surface area contributed by atoms with Crippen molar-refractivity contribution in [2.75, 3.05) is 24.3 Å². The zero-order valence-corrected chi connectivity index (χ0v) is 11.6. The van der Waals surface area contributed by atoms with Crippen molar-refractivity contribution in [2.45, 2.75) is 0 Å². The van der Waals surface area contributed by atoms with E-state index < -0.39 is 5.97 Å². The Bertz CT molecular complexity index is 651. The second-order valence-electron chi connectivity index (χ2n) is 4.49. The first-order valence-corrected chi connectivity index (χ1v) is 6.11. The van der Waals surface area contributed by atoms with Crippen LogP contribution in [0.5, 0.6) is 0 Å². The van der Waals surface area contributed by atoms with Crippen molar-refractivity contribution in [3.63, 3.8) is 0 Å². The number of carbonyl (C=O) groups is 2. The molecule has 21 heavy (non-hydrogen) atoms. The monoisotopic (exact) mass is 286 g/mol. The first-order chi connectivity index (χ1) is 9.97. The van der Waals surface area contributed by atoms with Gasteiger partial charge in [-0.15, -0.1) is 0 Å². The van der Waals surface area contributed by atoms with E-state index >= 15 is 0 Å². The van der Waals surface area contributed by atoms with Crippen LogP contribution in [0.1, 0.15) is 20.7 Å². The normalized spacial score (nSPS) is 10.0. The highest BCUT2D eigenvalue weighted by molar-refractivity contribution is 6.03. The summed E-state index contributed by atoms with van der Waals surface area (Å²) in [5.41, 5.74) is 0.453. The molecule has 0 aliphatic rings. The molecule has 7 heteroatoms. The van der Waals surface area contributed by atoms with Gasteiger partial charge in [-0.1, -0.05) is 0 Å². The van der Waals surface area contributed by atoms with Gasteiger partial charge in [0.2, 0.25) is 0 Å². The van der Waals surface area contributed by atoms with E-state index in [9.17, 15) is 9.59 Å². The Morgan fingerprint density at radius 2 is 1.71 bits per heavy atom. The van der Waals surface area contributed by atoms with E-state index in [0.29, 0.717) is 5.56 Å². The minimum atomic E-state index is -1.07. The standard InChI is InChI=1S/C14H14N4O3/c1-18(2)12-6-4-9(7-16-12)13(19)17-11-5-3-10(8-15-11)14(20)21/h3-8H,1-2H3,(H,20,21)(H,15,17,19). The molecule has 0 saturated heterocycles. The number of carboxylic acid groups (broad SMARTS) is 1. The molecular weight excluding hydrogens is 272 g/mol. The molecule has 0 aromatic carbocycles. The van der Waals surface area contributed by atoms with E-state index in [1.807, 2.05) is 19.0 Å². The zero-order valence-electron chi connectivity index (χ0n) is 11.6. The number of hydrogen-bond donors (Lipinski definition) is 2. The molecule has 0 unspecified atom stereocenters. The van der Waals surface area contributed by atoms with E-state index in [-0.39, 0.29) is 17.3 Å². The summed E-state index contributed by atoms with van der Waals surface area (Å²) in [7, 11) is 3.71. The lowest BCUT2D eigenvalue weighted by atomic mass is 10.2. The second-order valence-corrected chi connectivity index (χ2v) is 4.49. The topological polar surface area (TPSA) is 95.4 Å². The van der Waals surface area contributed by atoms with Gasteiger partial charge in [-0.25, -0.2) is 14.8 Å². The summed E-state index contributed by atoms with van der Waals surface area (Å²) in [5, 5.41) is 11.3. The molecule has 0 spiro atoms. The smallest absolute Gasteiger partial charge is 0.337 e. The molecule has 0 aliphatic heterocycles. The van der Waals surface area contributed by atoms with Crippen molar-refractivity contribution in [3.8, 4) is 0 Å². The van der Waals surface area contributed by atoms with E-state index in [2.05, 4.69) is 15.3 Å². The highest BCUT2D eigenvalue weighted by atomic mass is 16.4. The van der Waals surface area contributed by atoms with Gasteiger partial charge in [-0.05, 0) is 24.3 Å². The number of anilines is 2. The Hall–Kier alpha value is -2.96. The van der Waals surface area contributed by atoms with Crippen LogP contribution in [0, 0.1) is 0 Å². The summed E-state index contributed by atoms with van der Waals surface area (Å²) in [4.78, 5) is 32.5. The van der Waals surface area contributed by atoms with Crippen LogP contribution < -0.4 is 10.2 Å². The average Bonchev–Trinajstić information content (AvgIpc) is 2.47. The third-order valence-corrected chi connectivity index (χ3v) is 2.72. The number of nitrogens with one attached hydrogen (secondary N) is 1. The molecule has 0 fully saturated rings. The molecule has 2 rings (SSSR count). The number of carbonyl (C=O) groups excluding carboxylic acids is 1. The number of nitrogens with zero attached hydrogens (tertiary/aromatic N) is 3. The Morgan fingerprint density at radius 1 is 1.05 bits per heavy atom.